The largest absolute Gasteiger partial charge is 0.484 e. The molecular formula is C14H14ClF3N2OS. The van der Waals surface area contributed by atoms with E-state index >= 15 is 0 Å². The average molecular weight is 351 g/mol. The number of aromatic nitrogens is 1. The first-order chi connectivity index (χ1) is 9.89. The molecule has 2 aromatic rings. The first-order valence-electron chi connectivity index (χ1n) is 6.33. The maximum Gasteiger partial charge on any atom is 0.422 e. The zero-order valence-corrected chi connectivity index (χ0v) is 13.5. The summed E-state index contributed by atoms with van der Waals surface area (Å²) in [5.74, 6) is 0.254. The summed E-state index contributed by atoms with van der Waals surface area (Å²) in [5.41, 5.74) is 3.13. The van der Waals surface area contributed by atoms with Crippen LogP contribution in [0.15, 0.2) is 23.2 Å². The van der Waals surface area contributed by atoms with Gasteiger partial charge in [-0.3, -0.25) is 4.99 Å². The van der Waals surface area contributed by atoms with Crippen molar-refractivity contribution < 1.29 is 17.9 Å². The maximum absolute atomic E-state index is 12.2. The quantitative estimate of drug-likeness (QED) is 0.694. The Kier molecular flexibility index (Phi) is 4.58. The van der Waals surface area contributed by atoms with Crippen molar-refractivity contribution in [1.82, 2.24) is 4.57 Å². The van der Waals surface area contributed by atoms with Crippen molar-refractivity contribution in [2.75, 3.05) is 13.7 Å². The zero-order valence-electron chi connectivity index (χ0n) is 11.9. The van der Waals surface area contributed by atoms with Crippen LogP contribution in [0.25, 0.3) is 11.3 Å². The standard InChI is InChI=1S/C14H13F3N2OS.ClH/c1-18-13-19(2)12-10-4-3-9(20-7-14(15,16)17)5-8(10)6-11(12)21-13;/h3-5H,6-7H2,1-2H3;1H. The predicted octanol–water partition coefficient (Wildman–Crippen LogP) is 3.55. The highest BCUT2D eigenvalue weighted by atomic mass is 35.5. The van der Waals surface area contributed by atoms with Gasteiger partial charge in [0, 0.05) is 31.0 Å². The van der Waals surface area contributed by atoms with Gasteiger partial charge in [-0.05, 0) is 23.8 Å². The third-order valence-electron chi connectivity index (χ3n) is 3.38. The van der Waals surface area contributed by atoms with Crippen LogP contribution in [0.1, 0.15) is 10.4 Å². The van der Waals surface area contributed by atoms with Crippen molar-refractivity contribution >= 4 is 23.7 Å². The van der Waals surface area contributed by atoms with Gasteiger partial charge in [0.2, 0.25) is 0 Å². The average Bonchev–Trinajstić information content (AvgIpc) is 2.91. The lowest BCUT2D eigenvalue weighted by Crippen LogP contribution is -2.19. The fraction of sp³-hybridized carbons (Fsp3) is 0.357. The van der Waals surface area contributed by atoms with Crippen molar-refractivity contribution in [3.05, 3.63) is 33.4 Å². The smallest absolute Gasteiger partial charge is 0.422 e. The molecule has 0 N–H and O–H groups in total. The van der Waals surface area contributed by atoms with Crippen LogP contribution in [-0.2, 0) is 13.5 Å². The van der Waals surface area contributed by atoms with Crippen LogP contribution in [0.4, 0.5) is 13.2 Å². The lowest BCUT2D eigenvalue weighted by molar-refractivity contribution is -0.153. The van der Waals surface area contributed by atoms with E-state index in [0.717, 1.165) is 21.6 Å². The van der Waals surface area contributed by atoms with Crippen LogP contribution < -0.4 is 9.54 Å². The summed E-state index contributed by atoms with van der Waals surface area (Å²) in [6.07, 6.45) is -3.61. The van der Waals surface area contributed by atoms with E-state index < -0.39 is 12.8 Å². The van der Waals surface area contributed by atoms with Crippen molar-refractivity contribution in [1.29, 1.82) is 0 Å². The second-order valence-corrected chi connectivity index (χ2v) is 5.90. The molecule has 0 radical (unpaired) electrons. The minimum absolute atomic E-state index is 0. The number of hydrogen-bond acceptors (Lipinski definition) is 3. The van der Waals surface area contributed by atoms with E-state index in [0.29, 0.717) is 6.42 Å². The molecule has 0 bridgehead atoms. The lowest BCUT2D eigenvalue weighted by atomic mass is 10.1. The molecular weight excluding hydrogens is 337 g/mol. The van der Waals surface area contributed by atoms with Crippen LogP contribution in [-0.4, -0.2) is 24.4 Å². The van der Waals surface area contributed by atoms with Crippen molar-refractivity contribution in [3.63, 3.8) is 0 Å². The van der Waals surface area contributed by atoms with Gasteiger partial charge in [-0.25, -0.2) is 0 Å². The Balaban J connectivity index is 0.00000176. The molecule has 0 unspecified atom stereocenters. The van der Waals surface area contributed by atoms with E-state index in [2.05, 4.69) is 4.99 Å². The van der Waals surface area contributed by atoms with Gasteiger partial charge in [0.25, 0.3) is 0 Å². The Bertz CT molecular complexity index is 764. The predicted molar refractivity (Wildman–Crippen MR) is 81.8 cm³/mol. The van der Waals surface area contributed by atoms with Crippen LogP contribution >= 0.6 is 23.7 Å². The van der Waals surface area contributed by atoms with Crippen molar-refractivity contribution in [2.45, 2.75) is 12.6 Å². The first kappa shape index (κ1) is 16.9. The molecule has 1 heterocycles. The summed E-state index contributed by atoms with van der Waals surface area (Å²) < 4.78 is 43.4. The molecule has 1 aliphatic carbocycles. The summed E-state index contributed by atoms with van der Waals surface area (Å²) in [4.78, 5) is 6.33. The monoisotopic (exact) mass is 350 g/mol. The number of rotatable bonds is 2. The minimum atomic E-state index is -4.32. The van der Waals surface area contributed by atoms with Gasteiger partial charge >= 0.3 is 6.18 Å². The molecule has 1 aromatic heterocycles. The Morgan fingerprint density at radius 2 is 2.09 bits per heavy atom. The molecule has 0 aliphatic heterocycles. The number of hydrogen-bond donors (Lipinski definition) is 0. The van der Waals surface area contributed by atoms with E-state index in [4.69, 9.17) is 4.74 Å². The number of fused-ring (bicyclic) bond motifs is 3. The van der Waals surface area contributed by atoms with Gasteiger partial charge < -0.3 is 9.30 Å². The number of thiazole rings is 1. The lowest BCUT2D eigenvalue weighted by Gasteiger charge is -2.10. The van der Waals surface area contributed by atoms with Gasteiger partial charge in [-0.15, -0.1) is 23.7 Å². The molecule has 0 fully saturated rings. The molecule has 1 aliphatic rings. The summed E-state index contributed by atoms with van der Waals surface area (Å²) in [6.45, 7) is -1.26. The van der Waals surface area contributed by atoms with E-state index in [1.165, 1.54) is 4.88 Å². The van der Waals surface area contributed by atoms with Crippen molar-refractivity contribution in [3.8, 4) is 17.0 Å². The molecule has 8 heteroatoms. The van der Waals surface area contributed by atoms with Gasteiger partial charge in [0.1, 0.15) is 5.75 Å². The summed E-state index contributed by atoms with van der Waals surface area (Å²) in [5, 5.41) is 0. The summed E-state index contributed by atoms with van der Waals surface area (Å²) in [6, 6.07) is 5.09. The normalized spacial score (nSPS) is 13.6. The van der Waals surface area contributed by atoms with Crippen LogP contribution in [0.5, 0.6) is 5.75 Å². The number of nitrogens with zero attached hydrogens (tertiary/aromatic N) is 2. The second-order valence-electron chi connectivity index (χ2n) is 4.84. The van der Waals surface area contributed by atoms with E-state index in [1.807, 2.05) is 17.7 Å². The molecule has 120 valence electrons. The molecule has 0 saturated heterocycles. The fourth-order valence-electron chi connectivity index (χ4n) is 2.53. The SMILES string of the molecule is CN=c1sc2c(n1C)-c1ccc(OCC(F)(F)F)cc1C2.Cl. The van der Waals surface area contributed by atoms with E-state index in [9.17, 15) is 13.2 Å². The number of benzene rings is 1. The summed E-state index contributed by atoms with van der Waals surface area (Å²) in [7, 11) is 3.69. The van der Waals surface area contributed by atoms with E-state index in [1.54, 1.807) is 30.5 Å². The number of halogens is 4. The molecule has 0 atom stereocenters. The minimum Gasteiger partial charge on any atom is -0.484 e. The van der Waals surface area contributed by atoms with Gasteiger partial charge in [-0.1, -0.05) is 0 Å². The maximum atomic E-state index is 12.2. The Hall–Kier alpha value is -1.47. The second kappa shape index (κ2) is 5.96. The highest BCUT2D eigenvalue weighted by Crippen LogP contribution is 2.39. The van der Waals surface area contributed by atoms with Gasteiger partial charge in [-0.2, -0.15) is 13.2 Å². The molecule has 0 amide bonds. The molecule has 0 saturated carbocycles. The molecule has 3 rings (SSSR count). The highest BCUT2D eigenvalue weighted by molar-refractivity contribution is 7.09. The van der Waals surface area contributed by atoms with Crippen molar-refractivity contribution in [2.24, 2.45) is 12.0 Å². The number of alkyl halides is 3. The fourth-order valence-corrected chi connectivity index (χ4v) is 3.64. The van der Waals surface area contributed by atoms with Gasteiger partial charge in [0.15, 0.2) is 11.4 Å². The Labute approximate surface area is 135 Å². The third-order valence-corrected chi connectivity index (χ3v) is 4.60. The van der Waals surface area contributed by atoms with Crippen LogP contribution in [0, 0.1) is 0 Å². The topological polar surface area (TPSA) is 26.5 Å². The molecule has 3 nitrogen and oxygen atoms in total. The van der Waals surface area contributed by atoms with Crippen LogP contribution in [0.2, 0.25) is 0 Å². The first-order valence-corrected chi connectivity index (χ1v) is 7.15. The van der Waals surface area contributed by atoms with Gasteiger partial charge in [0.05, 0.1) is 5.69 Å². The molecule has 22 heavy (non-hydrogen) atoms. The van der Waals surface area contributed by atoms with E-state index in [-0.39, 0.29) is 18.2 Å². The zero-order chi connectivity index (χ0) is 15.2. The molecule has 0 spiro atoms. The molecule has 1 aromatic carbocycles. The number of ether oxygens (including phenoxy) is 1. The Morgan fingerprint density at radius 3 is 2.73 bits per heavy atom. The Morgan fingerprint density at radius 1 is 1.36 bits per heavy atom. The summed E-state index contributed by atoms with van der Waals surface area (Å²) >= 11 is 1.60. The van der Waals surface area contributed by atoms with Crippen LogP contribution in [0.3, 0.4) is 0 Å². The third kappa shape index (κ3) is 3.01. The highest BCUT2D eigenvalue weighted by Gasteiger charge is 2.29.